The molecule has 0 amide bonds. The lowest BCUT2D eigenvalue weighted by molar-refractivity contribution is -0.0401. The van der Waals surface area contributed by atoms with Gasteiger partial charge in [0.05, 0.1) is 13.2 Å². The summed E-state index contributed by atoms with van der Waals surface area (Å²) in [5, 5.41) is 9.82. The Kier molecular flexibility index (Phi) is 6.55. The van der Waals surface area contributed by atoms with E-state index in [1.165, 1.54) is 0 Å². The van der Waals surface area contributed by atoms with E-state index >= 15 is 0 Å². The predicted octanol–water partition coefficient (Wildman–Crippen LogP) is 2.16. The van der Waals surface area contributed by atoms with Gasteiger partial charge in [-0.25, -0.2) is 0 Å². The van der Waals surface area contributed by atoms with Crippen LogP contribution in [0.5, 0.6) is 0 Å². The largest absolute Gasteiger partial charge is 0.388 e. The Morgan fingerprint density at radius 2 is 2.00 bits per heavy atom. The van der Waals surface area contributed by atoms with Crippen LogP contribution in [0.4, 0.5) is 0 Å². The van der Waals surface area contributed by atoms with E-state index in [0.29, 0.717) is 6.61 Å². The minimum atomic E-state index is -0.639. The van der Waals surface area contributed by atoms with Crippen molar-refractivity contribution in [1.29, 1.82) is 0 Å². The fraction of sp³-hybridized carbons (Fsp3) is 0.429. The average Bonchev–Trinajstić information content (AvgIpc) is 2.37. The number of allylic oxidation sites excluding steroid dienone is 1. The van der Waals surface area contributed by atoms with E-state index in [1.807, 2.05) is 49.4 Å². The molecular weight excluding hydrogens is 216 g/mol. The minimum absolute atomic E-state index is 0.262. The van der Waals surface area contributed by atoms with Crippen molar-refractivity contribution in [2.75, 3.05) is 13.7 Å². The first kappa shape index (κ1) is 13.9. The average molecular weight is 236 g/mol. The molecule has 0 aliphatic carbocycles. The van der Waals surface area contributed by atoms with E-state index < -0.39 is 6.10 Å². The van der Waals surface area contributed by atoms with Crippen LogP contribution >= 0.6 is 0 Å². The molecule has 0 aromatic heterocycles. The van der Waals surface area contributed by atoms with Crippen molar-refractivity contribution in [1.82, 2.24) is 0 Å². The molecule has 0 fully saturated rings. The number of ether oxygens (including phenoxy) is 2. The molecule has 3 nitrogen and oxygen atoms in total. The molecule has 0 aliphatic heterocycles. The van der Waals surface area contributed by atoms with Crippen molar-refractivity contribution >= 4 is 0 Å². The van der Waals surface area contributed by atoms with Crippen molar-refractivity contribution in [3.8, 4) is 0 Å². The molecule has 0 spiro atoms. The molecule has 1 unspecified atom stereocenters. The second-order valence-electron chi connectivity index (χ2n) is 3.79. The summed E-state index contributed by atoms with van der Waals surface area (Å²) in [4.78, 5) is 0. The van der Waals surface area contributed by atoms with Crippen LogP contribution in [-0.2, 0) is 16.1 Å². The molecule has 0 saturated heterocycles. The molecule has 0 aliphatic rings. The van der Waals surface area contributed by atoms with Gasteiger partial charge in [-0.2, -0.15) is 0 Å². The van der Waals surface area contributed by atoms with E-state index in [-0.39, 0.29) is 12.7 Å². The fourth-order valence-electron chi connectivity index (χ4n) is 1.52. The Morgan fingerprint density at radius 1 is 1.29 bits per heavy atom. The number of aliphatic hydroxyl groups excluding tert-OH is 1. The third-order valence-electron chi connectivity index (χ3n) is 2.43. The SMILES string of the molecule is C/C=C\C(OC)[C@@H](O)COCc1ccccc1. The number of methoxy groups -OCH3 is 1. The zero-order valence-electron chi connectivity index (χ0n) is 10.4. The van der Waals surface area contributed by atoms with Gasteiger partial charge in [0.15, 0.2) is 0 Å². The number of aliphatic hydroxyl groups is 1. The highest BCUT2D eigenvalue weighted by atomic mass is 16.5. The molecule has 1 N–H and O–H groups in total. The number of benzene rings is 1. The smallest absolute Gasteiger partial charge is 0.107 e. The monoisotopic (exact) mass is 236 g/mol. The van der Waals surface area contributed by atoms with E-state index in [9.17, 15) is 5.11 Å². The summed E-state index contributed by atoms with van der Waals surface area (Å²) in [6, 6.07) is 9.88. The van der Waals surface area contributed by atoms with E-state index in [2.05, 4.69) is 0 Å². The third-order valence-corrected chi connectivity index (χ3v) is 2.43. The normalized spacial score (nSPS) is 15.0. The van der Waals surface area contributed by atoms with Gasteiger partial charge in [0.25, 0.3) is 0 Å². The van der Waals surface area contributed by atoms with Crippen molar-refractivity contribution in [2.24, 2.45) is 0 Å². The summed E-state index contributed by atoms with van der Waals surface area (Å²) in [5.41, 5.74) is 1.10. The van der Waals surface area contributed by atoms with Crippen LogP contribution in [0.2, 0.25) is 0 Å². The summed E-state index contributed by atoms with van der Waals surface area (Å²) < 4.78 is 10.6. The van der Waals surface area contributed by atoms with Crippen molar-refractivity contribution in [2.45, 2.75) is 25.7 Å². The third kappa shape index (κ3) is 5.13. The molecular formula is C14H20O3. The van der Waals surface area contributed by atoms with E-state index in [0.717, 1.165) is 5.56 Å². The van der Waals surface area contributed by atoms with Gasteiger partial charge < -0.3 is 14.6 Å². The maximum atomic E-state index is 9.82. The van der Waals surface area contributed by atoms with Crippen LogP contribution in [0.15, 0.2) is 42.5 Å². The Balaban J connectivity index is 2.30. The zero-order chi connectivity index (χ0) is 12.5. The summed E-state index contributed by atoms with van der Waals surface area (Å²) in [6.07, 6.45) is 2.72. The number of rotatable bonds is 7. The van der Waals surface area contributed by atoms with Crippen LogP contribution in [0.1, 0.15) is 12.5 Å². The van der Waals surface area contributed by atoms with E-state index in [1.54, 1.807) is 7.11 Å². The summed E-state index contributed by atoms with van der Waals surface area (Å²) in [7, 11) is 1.57. The lowest BCUT2D eigenvalue weighted by Gasteiger charge is -2.18. The standard InChI is InChI=1S/C14H20O3/c1-3-7-14(16-2)13(15)11-17-10-12-8-5-4-6-9-12/h3-9,13-15H,10-11H2,1-2H3/b7-3-/t13-,14?/m0/s1. The first-order valence-corrected chi connectivity index (χ1v) is 5.73. The zero-order valence-corrected chi connectivity index (χ0v) is 10.4. The van der Waals surface area contributed by atoms with E-state index in [4.69, 9.17) is 9.47 Å². The molecule has 3 heteroatoms. The maximum absolute atomic E-state index is 9.82. The molecule has 1 rings (SSSR count). The molecule has 2 atom stereocenters. The van der Waals surface area contributed by atoms with Gasteiger partial charge in [0, 0.05) is 7.11 Å². The van der Waals surface area contributed by atoms with Crippen molar-refractivity contribution in [3.05, 3.63) is 48.0 Å². The number of hydrogen-bond donors (Lipinski definition) is 1. The number of hydrogen-bond acceptors (Lipinski definition) is 3. The Labute approximate surface area is 103 Å². The van der Waals surface area contributed by atoms with Gasteiger partial charge in [-0.3, -0.25) is 0 Å². The molecule has 17 heavy (non-hydrogen) atoms. The molecule has 1 aromatic rings. The first-order chi connectivity index (χ1) is 8.27. The van der Waals surface area contributed by atoms with Gasteiger partial charge in [0.1, 0.15) is 12.2 Å². The van der Waals surface area contributed by atoms with Crippen LogP contribution in [0.25, 0.3) is 0 Å². The molecule has 0 heterocycles. The quantitative estimate of drug-likeness (QED) is 0.737. The fourth-order valence-corrected chi connectivity index (χ4v) is 1.52. The second kappa shape index (κ2) is 8.01. The highest BCUT2D eigenvalue weighted by molar-refractivity contribution is 5.13. The highest BCUT2D eigenvalue weighted by Crippen LogP contribution is 2.05. The summed E-state index contributed by atoms with van der Waals surface area (Å²) in [5.74, 6) is 0. The van der Waals surface area contributed by atoms with Gasteiger partial charge in [-0.15, -0.1) is 0 Å². The molecule has 0 radical (unpaired) electrons. The first-order valence-electron chi connectivity index (χ1n) is 5.73. The van der Waals surface area contributed by atoms with Crippen LogP contribution in [0.3, 0.4) is 0 Å². The van der Waals surface area contributed by atoms with Crippen molar-refractivity contribution in [3.63, 3.8) is 0 Å². The topological polar surface area (TPSA) is 38.7 Å². The minimum Gasteiger partial charge on any atom is -0.388 e. The Bertz CT molecular complexity index is 321. The Morgan fingerprint density at radius 3 is 2.59 bits per heavy atom. The molecule has 0 bridgehead atoms. The highest BCUT2D eigenvalue weighted by Gasteiger charge is 2.15. The Hall–Kier alpha value is -1.16. The van der Waals surface area contributed by atoms with Gasteiger partial charge in [-0.1, -0.05) is 42.5 Å². The molecule has 0 saturated carbocycles. The van der Waals surface area contributed by atoms with Crippen LogP contribution < -0.4 is 0 Å². The van der Waals surface area contributed by atoms with Gasteiger partial charge >= 0.3 is 0 Å². The van der Waals surface area contributed by atoms with Gasteiger partial charge in [-0.05, 0) is 12.5 Å². The van der Waals surface area contributed by atoms with Crippen molar-refractivity contribution < 1.29 is 14.6 Å². The van der Waals surface area contributed by atoms with Gasteiger partial charge in [0.2, 0.25) is 0 Å². The summed E-state index contributed by atoms with van der Waals surface area (Å²) >= 11 is 0. The lowest BCUT2D eigenvalue weighted by Crippen LogP contribution is -2.30. The molecule has 94 valence electrons. The second-order valence-corrected chi connectivity index (χ2v) is 3.79. The van der Waals surface area contributed by atoms with Crippen LogP contribution in [0, 0.1) is 0 Å². The predicted molar refractivity (Wildman–Crippen MR) is 67.7 cm³/mol. The van der Waals surface area contributed by atoms with Crippen LogP contribution in [-0.4, -0.2) is 31.0 Å². The maximum Gasteiger partial charge on any atom is 0.107 e. The molecule has 1 aromatic carbocycles. The lowest BCUT2D eigenvalue weighted by atomic mass is 10.2. The summed E-state index contributed by atoms with van der Waals surface area (Å²) in [6.45, 7) is 2.66.